The summed E-state index contributed by atoms with van der Waals surface area (Å²) in [4.78, 5) is 30.5. The summed E-state index contributed by atoms with van der Waals surface area (Å²) in [6.07, 6.45) is 0.0602. The summed E-state index contributed by atoms with van der Waals surface area (Å²) in [6.45, 7) is 2.06. The number of hydrogen-bond acceptors (Lipinski definition) is 8. The topological polar surface area (TPSA) is 102 Å². The molecular weight excluding hydrogens is 565 g/mol. The number of carbonyl (C=O) groups is 2. The maximum atomic E-state index is 13.5. The zero-order chi connectivity index (χ0) is 28.3. The number of thiocarbonyl (C=S) groups is 1. The number of rotatable bonds is 11. The fourth-order valence-electron chi connectivity index (χ4n) is 3.69. The summed E-state index contributed by atoms with van der Waals surface area (Å²) >= 11 is 8.19. The van der Waals surface area contributed by atoms with Gasteiger partial charge in [0.15, 0.2) is 10.2 Å². The van der Waals surface area contributed by atoms with Gasteiger partial charge in [-0.1, -0.05) is 48.5 Å². The van der Waals surface area contributed by atoms with E-state index in [4.69, 9.17) is 21.7 Å². The van der Waals surface area contributed by atoms with E-state index in [2.05, 4.69) is 20.9 Å². The molecule has 0 radical (unpaired) electrons. The van der Waals surface area contributed by atoms with Crippen LogP contribution in [0.5, 0.6) is 5.75 Å². The Morgan fingerprint density at radius 1 is 1.00 bits per heavy atom. The van der Waals surface area contributed by atoms with Crippen molar-refractivity contribution in [3.05, 3.63) is 95.5 Å². The molecule has 1 amide bonds. The third kappa shape index (κ3) is 8.28. The number of nitrogens with one attached hydrogen (secondary N) is 3. The fraction of sp³-hybridized carbons (Fsp3) is 0.172. The average molecular weight is 593 g/mol. The quantitative estimate of drug-likeness (QED) is 0.102. The molecule has 1 unspecified atom stereocenters. The van der Waals surface area contributed by atoms with Gasteiger partial charge in [-0.3, -0.25) is 9.59 Å². The predicted octanol–water partition coefficient (Wildman–Crippen LogP) is 6.54. The Balaban J connectivity index is 1.46. The molecule has 0 spiro atoms. The third-order valence-electron chi connectivity index (χ3n) is 5.45. The summed E-state index contributed by atoms with van der Waals surface area (Å²) in [5, 5.41) is 11.3. The van der Waals surface area contributed by atoms with Gasteiger partial charge in [-0.15, -0.1) is 23.1 Å². The number of esters is 1. The van der Waals surface area contributed by atoms with Crippen molar-refractivity contribution in [2.45, 2.75) is 23.5 Å². The zero-order valence-electron chi connectivity index (χ0n) is 21.9. The van der Waals surface area contributed by atoms with Gasteiger partial charge in [0.1, 0.15) is 11.0 Å². The molecule has 0 aliphatic rings. The van der Waals surface area contributed by atoms with Gasteiger partial charge in [0.25, 0.3) is 0 Å². The number of ether oxygens (including phenoxy) is 2. The van der Waals surface area contributed by atoms with Crippen LogP contribution in [0.2, 0.25) is 0 Å². The van der Waals surface area contributed by atoms with E-state index in [1.165, 1.54) is 23.1 Å². The predicted molar refractivity (Wildman–Crippen MR) is 165 cm³/mol. The van der Waals surface area contributed by atoms with E-state index >= 15 is 0 Å². The number of methoxy groups -OCH3 is 1. The summed E-state index contributed by atoms with van der Waals surface area (Å²) in [5.41, 5.74) is 2.92. The van der Waals surface area contributed by atoms with Crippen LogP contribution in [0, 0.1) is 0 Å². The van der Waals surface area contributed by atoms with Gasteiger partial charge >= 0.3 is 5.97 Å². The molecule has 206 valence electrons. The number of hydrogen-bond donors (Lipinski definition) is 3. The van der Waals surface area contributed by atoms with Gasteiger partial charge < -0.3 is 25.4 Å². The molecule has 0 saturated carbocycles. The Labute approximate surface area is 246 Å². The maximum absolute atomic E-state index is 13.5. The highest BCUT2D eigenvalue weighted by molar-refractivity contribution is 8.00. The molecule has 0 fully saturated rings. The average Bonchev–Trinajstić information content (AvgIpc) is 3.39. The number of nitrogens with zero attached hydrogens (tertiary/aromatic N) is 1. The van der Waals surface area contributed by atoms with Gasteiger partial charge in [-0.25, -0.2) is 4.98 Å². The van der Waals surface area contributed by atoms with E-state index < -0.39 is 5.25 Å². The van der Waals surface area contributed by atoms with Crippen LogP contribution in [0.15, 0.2) is 89.1 Å². The SMILES string of the molecule is CCOC(=O)Cc1csc(NC(=O)C(Sc2cccc(NC(=S)Nc3ccccc3OC)c2)c2ccccc2)n1. The highest BCUT2D eigenvalue weighted by Gasteiger charge is 2.23. The number of aromatic nitrogens is 1. The van der Waals surface area contributed by atoms with E-state index in [0.717, 1.165) is 21.8 Å². The second-order valence-electron chi connectivity index (χ2n) is 8.33. The van der Waals surface area contributed by atoms with Crippen molar-refractivity contribution in [2.75, 3.05) is 29.7 Å². The summed E-state index contributed by atoms with van der Waals surface area (Å²) < 4.78 is 10.4. The minimum atomic E-state index is -0.549. The van der Waals surface area contributed by atoms with E-state index in [9.17, 15) is 9.59 Å². The largest absolute Gasteiger partial charge is 0.495 e. The van der Waals surface area contributed by atoms with Crippen molar-refractivity contribution in [1.82, 2.24) is 4.98 Å². The lowest BCUT2D eigenvalue weighted by Gasteiger charge is -2.17. The minimum Gasteiger partial charge on any atom is -0.495 e. The fourth-order valence-corrected chi connectivity index (χ4v) is 5.72. The molecule has 3 N–H and O–H groups in total. The van der Waals surface area contributed by atoms with Crippen molar-refractivity contribution in [3.8, 4) is 5.75 Å². The molecule has 1 aromatic heterocycles. The van der Waals surface area contributed by atoms with Gasteiger partial charge in [0.05, 0.1) is 31.5 Å². The van der Waals surface area contributed by atoms with Crippen LogP contribution >= 0.6 is 35.3 Å². The number of anilines is 3. The van der Waals surface area contributed by atoms with Gasteiger partial charge in [0, 0.05) is 16.0 Å². The number of benzene rings is 3. The Hall–Kier alpha value is -3.93. The smallest absolute Gasteiger partial charge is 0.311 e. The first-order chi connectivity index (χ1) is 19.4. The van der Waals surface area contributed by atoms with E-state index in [1.807, 2.05) is 78.9 Å². The number of amides is 1. The van der Waals surface area contributed by atoms with Crippen molar-refractivity contribution in [2.24, 2.45) is 0 Å². The first kappa shape index (κ1) is 29.1. The molecule has 40 heavy (non-hydrogen) atoms. The highest BCUT2D eigenvalue weighted by atomic mass is 32.2. The number of para-hydroxylation sites is 2. The van der Waals surface area contributed by atoms with Crippen LogP contribution in [0.25, 0.3) is 0 Å². The van der Waals surface area contributed by atoms with Crippen LogP contribution in [0.4, 0.5) is 16.5 Å². The monoisotopic (exact) mass is 592 g/mol. The third-order valence-corrected chi connectivity index (χ3v) is 7.71. The standard InChI is InChI=1S/C29H28N4O4S3/c1-3-37-25(34)17-21-18-39-29(31-21)33-27(35)26(19-10-5-4-6-11-19)40-22-13-9-12-20(16-22)30-28(38)32-23-14-7-8-15-24(23)36-2/h4-16,18,26H,3,17H2,1-2H3,(H2,30,32,38)(H,31,33,35). The number of thiazole rings is 1. The van der Waals surface area contributed by atoms with Crippen LogP contribution in [-0.4, -0.2) is 35.7 Å². The first-order valence-electron chi connectivity index (χ1n) is 12.4. The molecule has 4 aromatic rings. The minimum absolute atomic E-state index is 0.0602. The number of thioether (sulfide) groups is 1. The molecule has 0 saturated heterocycles. The summed E-state index contributed by atoms with van der Waals surface area (Å²) in [7, 11) is 1.61. The van der Waals surface area contributed by atoms with Crippen molar-refractivity contribution in [3.63, 3.8) is 0 Å². The van der Waals surface area contributed by atoms with Crippen LogP contribution < -0.4 is 20.7 Å². The summed E-state index contributed by atoms with van der Waals surface area (Å²) in [5.74, 6) is 0.107. The van der Waals surface area contributed by atoms with E-state index in [-0.39, 0.29) is 18.3 Å². The van der Waals surface area contributed by atoms with Crippen LogP contribution in [0.3, 0.4) is 0 Å². The Kier molecular flexibility index (Phi) is 10.5. The number of carbonyl (C=O) groups excluding carboxylic acids is 2. The van der Waals surface area contributed by atoms with E-state index in [0.29, 0.717) is 28.3 Å². The molecule has 11 heteroatoms. The molecule has 8 nitrogen and oxygen atoms in total. The van der Waals surface area contributed by atoms with Crippen molar-refractivity contribution < 1.29 is 19.1 Å². The van der Waals surface area contributed by atoms with Gasteiger partial charge in [0.2, 0.25) is 5.91 Å². The maximum Gasteiger partial charge on any atom is 0.311 e. The molecule has 4 rings (SSSR count). The Morgan fingerprint density at radius 3 is 2.55 bits per heavy atom. The first-order valence-corrected chi connectivity index (χ1v) is 14.6. The van der Waals surface area contributed by atoms with Gasteiger partial charge in [-0.2, -0.15) is 0 Å². The molecular formula is C29H28N4O4S3. The van der Waals surface area contributed by atoms with Crippen molar-refractivity contribution >= 4 is 68.8 Å². The molecule has 0 aliphatic heterocycles. The van der Waals surface area contributed by atoms with Gasteiger partial charge in [-0.05, 0) is 55.0 Å². The molecule has 3 aromatic carbocycles. The molecule has 0 bridgehead atoms. The lowest BCUT2D eigenvalue weighted by molar-refractivity contribution is -0.142. The zero-order valence-corrected chi connectivity index (χ0v) is 24.3. The Bertz CT molecular complexity index is 1460. The molecule has 1 heterocycles. The van der Waals surface area contributed by atoms with Crippen LogP contribution in [0.1, 0.15) is 23.4 Å². The second kappa shape index (κ2) is 14.5. The normalized spacial score (nSPS) is 11.2. The molecule has 1 atom stereocenters. The lowest BCUT2D eigenvalue weighted by atomic mass is 10.1. The second-order valence-corrected chi connectivity index (χ2v) is 10.8. The lowest BCUT2D eigenvalue weighted by Crippen LogP contribution is -2.20. The summed E-state index contributed by atoms with van der Waals surface area (Å²) in [6, 6.07) is 24.7. The van der Waals surface area contributed by atoms with Crippen LogP contribution in [-0.2, 0) is 20.7 Å². The highest BCUT2D eigenvalue weighted by Crippen LogP contribution is 2.37. The van der Waals surface area contributed by atoms with E-state index in [1.54, 1.807) is 19.4 Å². The Morgan fingerprint density at radius 2 is 1.77 bits per heavy atom. The van der Waals surface area contributed by atoms with Crippen molar-refractivity contribution in [1.29, 1.82) is 0 Å². The molecule has 0 aliphatic carbocycles.